The van der Waals surface area contributed by atoms with Crippen LogP contribution in [0.25, 0.3) is 0 Å². The number of ether oxygens (including phenoxy) is 1. The normalized spacial score (nSPS) is 11.8. The Morgan fingerprint density at radius 3 is 2.48 bits per heavy atom. The van der Waals surface area contributed by atoms with Crippen molar-refractivity contribution in [2.45, 2.75) is 27.5 Å². The summed E-state index contributed by atoms with van der Waals surface area (Å²) in [7, 11) is 1.38. The smallest absolute Gasteiger partial charge is 0.435 e. The van der Waals surface area contributed by atoms with E-state index in [0.29, 0.717) is 4.90 Å². The topological polar surface area (TPSA) is 44.1 Å². The summed E-state index contributed by atoms with van der Waals surface area (Å²) in [4.78, 5) is 10.6. The molecule has 1 heterocycles. The van der Waals surface area contributed by atoms with E-state index in [1.165, 1.54) is 7.05 Å². The summed E-state index contributed by atoms with van der Waals surface area (Å²) in [6, 6.07) is 6.99. The van der Waals surface area contributed by atoms with E-state index >= 15 is 0 Å². The van der Waals surface area contributed by atoms with Crippen molar-refractivity contribution in [1.82, 2.24) is 9.78 Å². The number of aromatic nitrogens is 2. The number of rotatable bonds is 5. The number of hydrogen-bond donors (Lipinski definition) is 0. The minimum absolute atomic E-state index is 0.197. The zero-order valence-corrected chi connectivity index (χ0v) is 16.4. The third kappa shape index (κ3) is 5.29. The van der Waals surface area contributed by atoms with Crippen molar-refractivity contribution < 1.29 is 22.7 Å². The van der Waals surface area contributed by atoms with E-state index in [4.69, 9.17) is 27.9 Å². The number of carbonyl (C=O) groups excluding carboxylic acids is 1. The lowest BCUT2D eigenvalue weighted by atomic mass is 10.2. The minimum atomic E-state index is -4.70. The van der Waals surface area contributed by atoms with Gasteiger partial charge in [-0.25, -0.2) is 4.79 Å². The van der Waals surface area contributed by atoms with E-state index in [9.17, 15) is 18.0 Å². The number of esters is 1. The molecule has 0 fully saturated rings. The molecule has 2 aromatic rings. The Labute approximate surface area is 163 Å². The number of aryl methyl sites for hydroxylation is 1. The van der Waals surface area contributed by atoms with Crippen LogP contribution in [-0.2, 0) is 29.4 Å². The summed E-state index contributed by atoms with van der Waals surface area (Å²) in [5.74, 6) is -1.03. The molecule has 11 heteroatoms. The summed E-state index contributed by atoms with van der Waals surface area (Å²) in [6.07, 6.45) is -4.70. The number of carbonyl (C=O) groups is 1. The van der Waals surface area contributed by atoms with Crippen molar-refractivity contribution in [2.24, 2.45) is 7.05 Å². The molecule has 0 N–H and O–H groups in total. The molecule has 0 saturated carbocycles. The van der Waals surface area contributed by atoms with Crippen molar-refractivity contribution in [3.8, 4) is 0 Å². The summed E-state index contributed by atoms with van der Waals surface area (Å²) in [5, 5.41) is 3.72. The highest BCUT2D eigenvalue weighted by Crippen LogP contribution is 2.39. The van der Waals surface area contributed by atoms with Crippen LogP contribution in [0, 0.1) is 0 Å². The molecule has 0 unspecified atom stereocenters. The maximum absolute atomic E-state index is 13.2. The average molecular weight is 478 g/mol. The van der Waals surface area contributed by atoms with Crippen molar-refractivity contribution >= 4 is 56.9 Å². The Kier molecular flexibility index (Phi) is 6.69. The van der Waals surface area contributed by atoms with E-state index < -0.39 is 29.3 Å². The highest BCUT2D eigenvalue weighted by Gasteiger charge is 2.39. The molecule has 1 aromatic heterocycles. The van der Waals surface area contributed by atoms with Crippen LogP contribution in [0.5, 0.6) is 0 Å². The van der Waals surface area contributed by atoms with Crippen LogP contribution in [0.3, 0.4) is 0 Å². The van der Waals surface area contributed by atoms with E-state index in [0.717, 1.165) is 20.9 Å². The van der Waals surface area contributed by atoms with E-state index in [-0.39, 0.29) is 10.6 Å². The van der Waals surface area contributed by atoms with Gasteiger partial charge in [-0.1, -0.05) is 50.9 Å². The molecule has 0 aliphatic carbocycles. The van der Waals surface area contributed by atoms with Gasteiger partial charge in [-0.05, 0) is 24.3 Å². The second-order valence-corrected chi connectivity index (χ2v) is 7.79. The Balaban J connectivity index is 2.38. The second-order valence-electron chi connectivity index (χ2n) is 4.72. The van der Waals surface area contributed by atoms with Gasteiger partial charge in [0, 0.05) is 16.4 Å². The molecular weight excluding hydrogens is 468 g/mol. The Morgan fingerprint density at radius 2 is 1.96 bits per heavy atom. The van der Waals surface area contributed by atoms with Gasteiger partial charge in [-0.15, -0.1) is 0 Å². The van der Waals surface area contributed by atoms with E-state index in [1.54, 1.807) is 24.3 Å². The molecule has 0 bridgehead atoms. The van der Waals surface area contributed by atoms with Crippen LogP contribution in [0.2, 0.25) is 0 Å². The van der Waals surface area contributed by atoms with Crippen LogP contribution in [0.4, 0.5) is 13.2 Å². The fourth-order valence-electron chi connectivity index (χ4n) is 1.86. The lowest BCUT2D eigenvalue weighted by molar-refractivity contribution is -0.147. The van der Waals surface area contributed by atoms with Gasteiger partial charge in [-0.2, -0.15) is 18.3 Å². The minimum Gasteiger partial charge on any atom is -0.459 e. The predicted octanol–water partition coefficient (Wildman–Crippen LogP) is 5.20. The van der Waals surface area contributed by atoms with Crippen molar-refractivity contribution in [2.75, 3.05) is 0 Å². The van der Waals surface area contributed by atoms with Gasteiger partial charge in [0.05, 0.1) is 5.56 Å². The third-order valence-corrected chi connectivity index (χ3v) is 5.02. The molecule has 4 nitrogen and oxygen atoms in total. The maximum Gasteiger partial charge on any atom is 0.435 e. The van der Waals surface area contributed by atoms with Gasteiger partial charge in [0.2, 0.25) is 4.84 Å². The van der Waals surface area contributed by atoms with Gasteiger partial charge in [0.25, 0.3) is 0 Å². The molecular formula is C14H10BrCl2F3N2O2S. The van der Waals surface area contributed by atoms with E-state index in [2.05, 4.69) is 21.0 Å². The number of benzene rings is 1. The summed E-state index contributed by atoms with van der Waals surface area (Å²) in [5.41, 5.74) is -1.38. The lowest BCUT2D eigenvalue weighted by Gasteiger charge is -2.10. The SMILES string of the molecule is Cn1nc(C(F)(F)F)c(COC(=O)C(Cl)Cl)c1Sc1ccc(Br)cc1. The quantitative estimate of drug-likeness (QED) is 0.438. The fraction of sp³-hybridized carbons (Fsp3) is 0.286. The molecule has 2 rings (SSSR count). The first-order valence-corrected chi connectivity index (χ1v) is 9.09. The van der Waals surface area contributed by atoms with Crippen molar-refractivity contribution in [1.29, 1.82) is 0 Å². The first-order chi connectivity index (χ1) is 11.6. The highest BCUT2D eigenvalue weighted by molar-refractivity contribution is 9.10. The number of hydrogen-bond acceptors (Lipinski definition) is 4. The molecule has 1 aromatic carbocycles. The van der Waals surface area contributed by atoms with Crippen LogP contribution in [0.15, 0.2) is 38.7 Å². The number of halogens is 6. The number of nitrogens with zero attached hydrogens (tertiary/aromatic N) is 2. The summed E-state index contributed by atoms with van der Waals surface area (Å²) < 4.78 is 46.4. The van der Waals surface area contributed by atoms with Gasteiger partial charge >= 0.3 is 12.1 Å². The molecule has 136 valence electrons. The first kappa shape index (κ1) is 20.4. The van der Waals surface area contributed by atoms with Crippen LogP contribution in [0.1, 0.15) is 11.3 Å². The highest BCUT2D eigenvalue weighted by atomic mass is 79.9. The molecule has 0 amide bonds. The molecule has 0 radical (unpaired) electrons. The Bertz CT molecular complexity index is 767. The van der Waals surface area contributed by atoms with Gasteiger partial charge in [-0.3, -0.25) is 4.68 Å². The lowest BCUT2D eigenvalue weighted by Crippen LogP contribution is -2.15. The van der Waals surface area contributed by atoms with Crippen molar-refractivity contribution in [3.63, 3.8) is 0 Å². The number of alkyl halides is 5. The standard InChI is InChI=1S/C14H10BrCl2F3N2O2S/c1-22-12(25-8-4-2-7(15)3-5-8)9(6-24-13(23)11(16)17)10(21-22)14(18,19)20/h2-5,11H,6H2,1H3. The maximum atomic E-state index is 13.2. The average Bonchev–Trinajstić information content (AvgIpc) is 2.83. The van der Waals surface area contributed by atoms with Gasteiger partial charge < -0.3 is 4.74 Å². The van der Waals surface area contributed by atoms with Crippen LogP contribution >= 0.6 is 50.9 Å². The van der Waals surface area contributed by atoms with E-state index in [1.807, 2.05) is 0 Å². The van der Waals surface area contributed by atoms with Crippen LogP contribution < -0.4 is 0 Å². The molecule has 0 spiro atoms. The van der Waals surface area contributed by atoms with Gasteiger partial charge in [0.15, 0.2) is 5.69 Å². The molecule has 0 aliphatic heterocycles. The predicted molar refractivity (Wildman–Crippen MR) is 91.8 cm³/mol. The molecule has 0 saturated heterocycles. The molecule has 25 heavy (non-hydrogen) atoms. The first-order valence-electron chi connectivity index (χ1n) is 6.61. The Morgan fingerprint density at radius 1 is 1.36 bits per heavy atom. The fourth-order valence-corrected chi connectivity index (χ4v) is 3.20. The monoisotopic (exact) mass is 476 g/mol. The Hall–Kier alpha value is -0.900. The molecule has 0 atom stereocenters. The van der Waals surface area contributed by atoms with Gasteiger partial charge in [0.1, 0.15) is 11.6 Å². The van der Waals surface area contributed by atoms with Crippen molar-refractivity contribution in [3.05, 3.63) is 40.0 Å². The second kappa shape index (κ2) is 8.20. The third-order valence-electron chi connectivity index (χ3n) is 2.92. The summed E-state index contributed by atoms with van der Waals surface area (Å²) in [6.45, 7) is -0.643. The summed E-state index contributed by atoms with van der Waals surface area (Å²) >= 11 is 15.1. The largest absolute Gasteiger partial charge is 0.459 e. The zero-order valence-electron chi connectivity index (χ0n) is 12.5. The van der Waals surface area contributed by atoms with Crippen LogP contribution in [-0.4, -0.2) is 20.6 Å². The molecule has 0 aliphatic rings. The zero-order chi connectivity index (χ0) is 18.8.